The van der Waals surface area contributed by atoms with E-state index >= 15 is 0 Å². The fraction of sp³-hybridized carbons (Fsp3) is 0.600. The second kappa shape index (κ2) is 7.07. The predicted octanol–water partition coefficient (Wildman–Crippen LogP) is 5.29. The first-order valence-corrected chi connectivity index (χ1v) is 7.01. The minimum absolute atomic E-state index is 0.115. The van der Waals surface area contributed by atoms with Crippen molar-refractivity contribution in [3.05, 3.63) is 35.4 Å². The van der Waals surface area contributed by atoms with Crippen LogP contribution in [-0.4, -0.2) is 23.1 Å². The van der Waals surface area contributed by atoms with Gasteiger partial charge in [0.05, 0.1) is 6.10 Å². The molecule has 0 aliphatic carbocycles. The maximum Gasteiger partial charge on any atom is 0.459 e. The summed E-state index contributed by atoms with van der Waals surface area (Å²) in [5, 5.41) is 9.65. The van der Waals surface area contributed by atoms with E-state index in [0.29, 0.717) is 12.0 Å². The fourth-order valence-electron chi connectivity index (χ4n) is 2.03. The van der Waals surface area contributed by atoms with Gasteiger partial charge in [0, 0.05) is 6.42 Å². The Morgan fingerprint density at radius 1 is 1.04 bits per heavy atom. The van der Waals surface area contributed by atoms with Crippen molar-refractivity contribution >= 4 is 0 Å². The highest BCUT2D eigenvalue weighted by atomic mass is 19.4. The zero-order valence-corrected chi connectivity index (χ0v) is 12.3. The Morgan fingerprint density at radius 2 is 1.65 bits per heavy atom. The molecule has 8 heteroatoms. The summed E-state index contributed by atoms with van der Waals surface area (Å²) in [4.78, 5) is 0. The van der Waals surface area contributed by atoms with Gasteiger partial charge in [-0.2, -0.15) is 30.7 Å². The molecule has 23 heavy (non-hydrogen) atoms. The summed E-state index contributed by atoms with van der Waals surface area (Å²) < 4.78 is 88.5. The second-order valence-electron chi connectivity index (χ2n) is 5.35. The van der Waals surface area contributed by atoms with Gasteiger partial charge < -0.3 is 5.11 Å². The van der Waals surface area contributed by atoms with Crippen LogP contribution in [0.15, 0.2) is 24.3 Å². The van der Waals surface area contributed by atoms with Crippen LogP contribution >= 0.6 is 0 Å². The summed E-state index contributed by atoms with van der Waals surface area (Å²) in [6, 6.07) is 5.64. The first-order chi connectivity index (χ1) is 10.4. The zero-order valence-electron chi connectivity index (χ0n) is 12.3. The van der Waals surface area contributed by atoms with Crippen LogP contribution < -0.4 is 0 Å². The van der Waals surface area contributed by atoms with Crippen LogP contribution in [0, 0.1) is 0 Å². The van der Waals surface area contributed by atoms with Crippen LogP contribution in [0.3, 0.4) is 0 Å². The smallest absolute Gasteiger partial charge is 0.388 e. The van der Waals surface area contributed by atoms with E-state index in [-0.39, 0.29) is 5.56 Å². The molecule has 0 spiro atoms. The van der Waals surface area contributed by atoms with Crippen LogP contribution in [-0.2, 0) is 6.42 Å². The summed E-state index contributed by atoms with van der Waals surface area (Å²) in [5.74, 6) is -11.6. The van der Waals surface area contributed by atoms with Crippen LogP contribution in [0.4, 0.5) is 30.7 Å². The fourth-order valence-corrected chi connectivity index (χ4v) is 2.03. The maximum atomic E-state index is 13.3. The van der Waals surface area contributed by atoms with E-state index in [1.807, 2.05) is 6.92 Å². The molecular formula is C15H17F7O. The Balaban J connectivity index is 2.92. The molecule has 1 rings (SSSR count). The Hall–Kier alpha value is -1.31. The molecule has 0 fully saturated rings. The minimum atomic E-state index is -6.39. The van der Waals surface area contributed by atoms with Gasteiger partial charge in [-0.25, -0.2) is 0 Å². The molecule has 1 aromatic carbocycles. The van der Waals surface area contributed by atoms with Gasteiger partial charge in [0.1, 0.15) is 0 Å². The number of halogens is 7. The first kappa shape index (κ1) is 19.7. The van der Waals surface area contributed by atoms with Crippen molar-refractivity contribution in [2.24, 2.45) is 0 Å². The van der Waals surface area contributed by atoms with Gasteiger partial charge in [-0.15, -0.1) is 0 Å². The molecule has 0 amide bonds. The van der Waals surface area contributed by atoms with Crippen molar-refractivity contribution in [1.29, 1.82) is 0 Å². The Morgan fingerprint density at radius 3 is 2.17 bits per heavy atom. The van der Waals surface area contributed by atoms with Gasteiger partial charge in [0.25, 0.3) is 0 Å². The van der Waals surface area contributed by atoms with Crippen molar-refractivity contribution in [2.45, 2.75) is 56.7 Å². The van der Waals surface area contributed by atoms with Crippen molar-refractivity contribution < 1.29 is 35.8 Å². The van der Waals surface area contributed by atoms with Gasteiger partial charge in [-0.1, -0.05) is 37.6 Å². The number of alkyl halides is 7. The second-order valence-corrected chi connectivity index (χ2v) is 5.35. The summed E-state index contributed by atoms with van der Waals surface area (Å²) in [6.07, 6.45) is -8.29. The van der Waals surface area contributed by atoms with Gasteiger partial charge >= 0.3 is 18.0 Å². The van der Waals surface area contributed by atoms with Gasteiger partial charge in [-0.05, 0) is 24.0 Å². The van der Waals surface area contributed by atoms with E-state index in [0.717, 1.165) is 12.8 Å². The van der Waals surface area contributed by atoms with E-state index in [1.54, 1.807) is 6.07 Å². The van der Waals surface area contributed by atoms with Crippen LogP contribution in [0.1, 0.15) is 43.4 Å². The molecule has 0 saturated heterocycles. The quantitative estimate of drug-likeness (QED) is 0.666. The number of unbranched alkanes of at least 4 members (excludes halogenated alkanes) is 1. The lowest BCUT2D eigenvalue weighted by Gasteiger charge is -2.29. The summed E-state index contributed by atoms with van der Waals surface area (Å²) in [7, 11) is 0. The lowest BCUT2D eigenvalue weighted by atomic mass is 9.96. The molecular weight excluding hydrogens is 329 g/mol. The van der Waals surface area contributed by atoms with E-state index in [2.05, 4.69) is 0 Å². The number of hydrogen-bond acceptors (Lipinski definition) is 1. The van der Waals surface area contributed by atoms with E-state index in [1.165, 1.54) is 18.2 Å². The van der Waals surface area contributed by atoms with Crippen molar-refractivity contribution in [3.63, 3.8) is 0 Å². The van der Waals surface area contributed by atoms with Crippen molar-refractivity contribution in [1.82, 2.24) is 0 Å². The normalized spacial score (nSPS) is 14.8. The van der Waals surface area contributed by atoms with Crippen molar-refractivity contribution in [2.75, 3.05) is 0 Å². The number of benzene rings is 1. The monoisotopic (exact) mass is 346 g/mol. The maximum absolute atomic E-state index is 13.3. The molecule has 0 radical (unpaired) electrons. The topological polar surface area (TPSA) is 20.2 Å². The van der Waals surface area contributed by atoms with Crippen LogP contribution in [0.2, 0.25) is 0 Å². The van der Waals surface area contributed by atoms with Crippen LogP contribution in [0.5, 0.6) is 0 Å². The number of aliphatic hydroxyl groups excluding tert-OH is 1. The number of aryl methyl sites for hydroxylation is 1. The van der Waals surface area contributed by atoms with E-state index < -0.39 is 30.5 Å². The molecule has 0 heterocycles. The Labute approximate surface area is 129 Å². The third-order valence-corrected chi connectivity index (χ3v) is 3.42. The molecule has 1 nitrogen and oxygen atoms in total. The number of hydrogen-bond donors (Lipinski definition) is 1. The van der Waals surface area contributed by atoms with E-state index in [4.69, 9.17) is 0 Å². The first-order valence-electron chi connectivity index (χ1n) is 7.01. The Kier molecular flexibility index (Phi) is 6.06. The summed E-state index contributed by atoms with van der Waals surface area (Å²) in [5.41, 5.74) is 0.575. The van der Waals surface area contributed by atoms with Gasteiger partial charge in [-0.3, -0.25) is 0 Å². The summed E-state index contributed by atoms with van der Waals surface area (Å²) >= 11 is 0. The summed E-state index contributed by atoms with van der Waals surface area (Å²) in [6.45, 7) is 1.93. The molecule has 0 aromatic heterocycles. The molecule has 132 valence electrons. The standard InChI is InChI=1S/C15H17F7O/c1-2-3-5-10-6-4-7-11(8-10)12(23)9-13(16,17)14(18,19)15(20,21)22/h4,6-8,12,23H,2-3,5,9H2,1H3. The third-order valence-electron chi connectivity index (χ3n) is 3.42. The Bertz CT molecular complexity index is 511. The highest BCUT2D eigenvalue weighted by Crippen LogP contribution is 2.49. The van der Waals surface area contributed by atoms with Crippen LogP contribution in [0.25, 0.3) is 0 Å². The zero-order chi connectivity index (χ0) is 17.9. The molecule has 1 atom stereocenters. The van der Waals surface area contributed by atoms with E-state index in [9.17, 15) is 35.8 Å². The highest BCUT2D eigenvalue weighted by Gasteiger charge is 2.72. The molecule has 1 N–H and O–H groups in total. The largest absolute Gasteiger partial charge is 0.459 e. The molecule has 1 unspecified atom stereocenters. The molecule has 0 aliphatic heterocycles. The van der Waals surface area contributed by atoms with Crippen molar-refractivity contribution in [3.8, 4) is 0 Å². The third kappa shape index (κ3) is 4.59. The average molecular weight is 346 g/mol. The molecule has 0 bridgehead atoms. The molecule has 1 aromatic rings. The number of rotatable bonds is 7. The lowest BCUT2D eigenvalue weighted by molar-refractivity contribution is -0.358. The van der Waals surface area contributed by atoms with Gasteiger partial charge in [0.15, 0.2) is 0 Å². The molecule has 0 saturated carbocycles. The lowest BCUT2D eigenvalue weighted by Crippen LogP contribution is -2.52. The molecule has 0 aliphatic rings. The predicted molar refractivity (Wildman–Crippen MR) is 70.6 cm³/mol. The SMILES string of the molecule is CCCCc1cccc(C(O)CC(F)(F)C(F)(F)C(F)(F)F)c1. The van der Waals surface area contributed by atoms with Gasteiger partial charge in [0.2, 0.25) is 0 Å². The highest BCUT2D eigenvalue weighted by molar-refractivity contribution is 5.25. The minimum Gasteiger partial charge on any atom is -0.388 e. The number of aliphatic hydroxyl groups is 1. The average Bonchev–Trinajstić information content (AvgIpc) is 2.43.